The van der Waals surface area contributed by atoms with Crippen molar-refractivity contribution in [1.29, 1.82) is 0 Å². The molecule has 1 heterocycles. The average molecular weight is 240 g/mol. The van der Waals surface area contributed by atoms with Crippen molar-refractivity contribution >= 4 is 5.91 Å². The third-order valence-corrected chi connectivity index (χ3v) is 4.26. The third-order valence-electron chi connectivity index (χ3n) is 4.26. The third kappa shape index (κ3) is 2.63. The summed E-state index contributed by atoms with van der Waals surface area (Å²) in [7, 11) is 0. The van der Waals surface area contributed by atoms with E-state index in [1.807, 2.05) is 0 Å². The average Bonchev–Trinajstić information content (AvgIpc) is 2.34. The number of rotatable bonds is 4. The summed E-state index contributed by atoms with van der Waals surface area (Å²) in [5, 5.41) is 3.09. The van der Waals surface area contributed by atoms with Crippen molar-refractivity contribution in [3.05, 3.63) is 0 Å². The molecule has 0 bridgehead atoms. The summed E-state index contributed by atoms with van der Waals surface area (Å²) in [6.45, 7) is 4.85. The van der Waals surface area contributed by atoms with Gasteiger partial charge in [0.2, 0.25) is 5.91 Å². The molecule has 1 saturated heterocycles. The van der Waals surface area contributed by atoms with Gasteiger partial charge in [0.05, 0.1) is 18.6 Å². The van der Waals surface area contributed by atoms with Crippen LogP contribution in [0.3, 0.4) is 0 Å². The van der Waals surface area contributed by atoms with Crippen molar-refractivity contribution in [2.75, 3.05) is 26.3 Å². The molecular formula is C13H24N2O2. The van der Waals surface area contributed by atoms with Gasteiger partial charge in [-0.1, -0.05) is 26.2 Å². The molecule has 0 radical (unpaired) electrons. The maximum Gasteiger partial charge on any atom is 0.227 e. The first-order chi connectivity index (χ1) is 8.10. The molecule has 2 fully saturated rings. The zero-order valence-corrected chi connectivity index (χ0v) is 10.8. The molecule has 0 aromatic carbocycles. The first-order valence-corrected chi connectivity index (χ1v) is 6.66. The molecule has 3 N–H and O–H groups in total. The van der Waals surface area contributed by atoms with Crippen LogP contribution < -0.4 is 11.1 Å². The Balaban J connectivity index is 1.88. The second kappa shape index (κ2) is 4.94. The maximum atomic E-state index is 12.3. The second-order valence-electron chi connectivity index (χ2n) is 6.03. The highest BCUT2D eigenvalue weighted by molar-refractivity contribution is 5.83. The minimum atomic E-state index is -0.292. The quantitative estimate of drug-likeness (QED) is 0.772. The molecule has 0 aromatic heterocycles. The van der Waals surface area contributed by atoms with Gasteiger partial charge < -0.3 is 15.8 Å². The van der Waals surface area contributed by atoms with E-state index >= 15 is 0 Å². The Morgan fingerprint density at radius 3 is 2.41 bits per heavy atom. The van der Waals surface area contributed by atoms with Crippen LogP contribution >= 0.6 is 0 Å². The summed E-state index contributed by atoms with van der Waals surface area (Å²) in [6.07, 6.45) is 5.39. The van der Waals surface area contributed by atoms with Gasteiger partial charge in [-0.15, -0.1) is 0 Å². The number of nitrogens with two attached hydrogens (primary N) is 1. The fourth-order valence-corrected chi connectivity index (χ4v) is 2.79. The number of hydrogen-bond acceptors (Lipinski definition) is 3. The fourth-order valence-electron chi connectivity index (χ4n) is 2.79. The zero-order valence-electron chi connectivity index (χ0n) is 10.8. The lowest BCUT2D eigenvalue weighted by Gasteiger charge is -2.40. The second-order valence-corrected chi connectivity index (χ2v) is 6.03. The molecule has 1 aliphatic heterocycles. The summed E-state index contributed by atoms with van der Waals surface area (Å²) in [4.78, 5) is 12.3. The predicted octanol–water partition coefficient (Wildman–Crippen LogP) is 1.05. The highest BCUT2D eigenvalue weighted by Crippen LogP contribution is 2.36. The van der Waals surface area contributed by atoms with Crippen molar-refractivity contribution in [2.45, 2.75) is 39.0 Å². The first kappa shape index (κ1) is 12.8. The van der Waals surface area contributed by atoms with Gasteiger partial charge in [-0.2, -0.15) is 0 Å². The van der Waals surface area contributed by atoms with Crippen LogP contribution in [0.25, 0.3) is 0 Å². The lowest BCUT2D eigenvalue weighted by molar-refractivity contribution is -0.137. The Morgan fingerprint density at radius 1 is 1.29 bits per heavy atom. The Bertz CT molecular complexity index is 281. The van der Waals surface area contributed by atoms with E-state index in [2.05, 4.69) is 12.2 Å². The normalized spacial score (nSPS) is 26.0. The molecule has 1 amide bonds. The molecule has 0 aromatic rings. The molecule has 4 nitrogen and oxygen atoms in total. The van der Waals surface area contributed by atoms with E-state index in [9.17, 15) is 4.79 Å². The van der Waals surface area contributed by atoms with E-state index in [4.69, 9.17) is 10.5 Å². The van der Waals surface area contributed by atoms with Crippen molar-refractivity contribution in [3.8, 4) is 0 Å². The number of carbonyl (C=O) groups excluding carboxylic acids is 1. The zero-order chi connectivity index (χ0) is 12.4. The molecule has 0 spiro atoms. The predicted molar refractivity (Wildman–Crippen MR) is 66.5 cm³/mol. The van der Waals surface area contributed by atoms with Crippen LogP contribution in [0, 0.1) is 10.8 Å². The van der Waals surface area contributed by atoms with Crippen LogP contribution in [-0.4, -0.2) is 32.2 Å². The molecule has 1 aliphatic carbocycles. The number of amides is 1. The first-order valence-electron chi connectivity index (χ1n) is 6.66. The molecule has 4 heteroatoms. The summed E-state index contributed by atoms with van der Waals surface area (Å²) < 4.78 is 5.19. The molecule has 2 aliphatic rings. The molecule has 17 heavy (non-hydrogen) atoms. The van der Waals surface area contributed by atoms with Crippen LogP contribution in [0.2, 0.25) is 0 Å². The van der Waals surface area contributed by atoms with Crippen LogP contribution in [0.5, 0.6) is 0 Å². The minimum Gasteiger partial charge on any atom is -0.380 e. The van der Waals surface area contributed by atoms with Gasteiger partial charge in [0.1, 0.15) is 0 Å². The highest BCUT2D eigenvalue weighted by Gasteiger charge is 2.40. The fraction of sp³-hybridized carbons (Fsp3) is 0.923. The van der Waals surface area contributed by atoms with Crippen molar-refractivity contribution < 1.29 is 9.53 Å². The van der Waals surface area contributed by atoms with Crippen LogP contribution in [-0.2, 0) is 9.53 Å². The highest BCUT2D eigenvalue weighted by atomic mass is 16.5. The van der Waals surface area contributed by atoms with E-state index in [-0.39, 0.29) is 16.7 Å². The van der Waals surface area contributed by atoms with Crippen molar-refractivity contribution in [3.63, 3.8) is 0 Å². The smallest absolute Gasteiger partial charge is 0.227 e. The lowest BCUT2D eigenvalue weighted by atomic mass is 9.73. The Labute approximate surface area is 103 Å². The Morgan fingerprint density at radius 2 is 1.94 bits per heavy atom. The van der Waals surface area contributed by atoms with E-state index in [1.54, 1.807) is 0 Å². The van der Waals surface area contributed by atoms with Gasteiger partial charge in [0.25, 0.3) is 0 Å². The molecule has 0 unspecified atom stereocenters. The maximum absolute atomic E-state index is 12.3. The van der Waals surface area contributed by atoms with E-state index in [0.29, 0.717) is 13.1 Å². The minimum absolute atomic E-state index is 0.139. The summed E-state index contributed by atoms with van der Waals surface area (Å²) >= 11 is 0. The number of hydrogen-bond donors (Lipinski definition) is 2. The number of carbonyl (C=O) groups is 1. The topological polar surface area (TPSA) is 64.4 Å². The molecule has 98 valence electrons. The van der Waals surface area contributed by atoms with Gasteiger partial charge in [-0.25, -0.2) is 0 Å². The van der Waals surface area contributed by atoms with Gasteiger partial charge in [-0.05, 0) is 12.8 Å². The lowest BCUT2D eigenvalue weighted by Crippen LogP contribution is -2.53. The Kier molecular flexibility index (Phi) is 3.73. The summed E-state index contributed by atoms with van der Waals surface area (Å²) in [6, 6.07) is 0. The number of nitrogens with one attached hydrogen (secondary N) is 1. The van der Waals surface area contributed by atoms with E-state index in [1.165, 1.54) is 6.42 Å². The molecule has 1 saturated carbocycles. The van der Waals surface area contributed by atoms with E-state index in [0.717, 1.165) is 38.9 Å². The van der Waals surface area contributed by atoms with Crippen molar-refractivity contribution in [2.24, 2.45) is 16.6 Å². The molecule has 2 rings (SSSR count). The van der Waals surface area contributed by atoms with Crippen molar-refractivity contribution in [1.82, 2.24) is 5.32 Å². The monoisotopic (exact) mass is 240 g/mol. The molecular weight excluding hydrogens is 216 g/mol. The molecule has 0 atom stereocenters. The SMILES string of the molecule is CC1(CNC(=O)C2(CN)CCCCC2)COC1. The summed E-state index contributed by atoms with van der Waals surface area (Å²) in [5.41, 5.74) is 5.69. The van der Waals surface area contributed by atoms with Gasteiger partial charge in [-0.3, -0.25) is 4.79 Å². The van der Waals surface area contributed by atoms with Crippen LogP contribution in [0.4, 0.5) is 0 Å². The Hall–Kier alpha value is -0.610. The van der Waals surface area contributed by atoms with Gasteiger partial charge in [0.15, 0.2) is 0 Å². The van der Waals surface area contributed by atoms with Gasteiger partial charge >= 0.3 is 0 Å². The number of ether oxygens (including phenoxy) is 1. The van der Waals surface area contributed by atoms with Crippen LogP contribution in [0.15, 0.2) is 0 Å². The van der Waals surface area contributed by atoms with Gasteiger partial charge in [0, 0.05) is 18.5 Å². The van der Waals surface area contributed by atoms with Crippen LogP contribution in [0.1, 0.15) is 39.0 Å². The van der Waals surface area contributed by atoms with E-state index < -0.39 is 0 Å². The summed E-state index contributed by atoms with van der Waals surface area (Å²) in [5.74, 6) is 0.160. The largest absolute Gasteiger partial charge is 0.380 e. The standard InChI is InChI=1S/C13H24N2O2/c1-12(9-17-10-12)8-15-11(16)13(7-14)5-3-2-4-6-13/h2-10,14H2,1H3,(H,15,16).